The summed E-state index contributed by atoms with van der Waals surface area (Å²) in [6.07, 6.45) is 2.49. The van der Waals surface area contributed by atoms with Gasteiger partial charge in [-0.3, -0.25) is 9.48 Å². The second kappa shape index (κ2) is 5.00. The molecule has 18 heavy (non-hydrogen) atoms. The van der Waals surface area contributed by atoms with Crippen molar-refractivity contribution in [2.75, 3.05) is 5.32 Å². The molecule has 2 rings (SSSR count). The van der Waals surface area contributed by atoms with Crippen molar-refractivity contribution < 1.29 is 9.18 Å². The van der Waals surface area contributed by atoms with Crippen LogP contribution in [0.15, 0.2) is 30.5 Å². The van der Waals surface area contributed by atoms with Crippen molar-refractivity contribution in [2.24, 2.45) is 7.05 Å². The third kappa shape index (κ3) is 2.56. The smallest absolute Gasteiger partial charge is 0.255 e. The zero-order valence-electron chi connectivity index (χ0n) is 10.3. The first-order chi connectivity index (χ1) is 8.60. The summed E-state index contributed by atoms with van der Waals surface area (Å²) in [5, 5.41) is 7.01. The number of anilines is 1. The summed E-state index contributed by atoms with van der Waals surface area (Å²) in [5.41, 5.74) is 1.93. The molecule has 0 atom stereocenters. The fraction of sp³-hybridized carbons (Fsp3) is 0.231. The van der Waals surface area contributed by atoms with Gasteiger partial charge in [-0.25, -0.2) is 4.39 Å². The maximum atomic E-state index is 12.8. The number of carbonyl (C=O) groups excluding carboxylic acids is 1. The fourth-order valence-corrected chi connectivity index (χ4v) is 1.70. The Bertz CT molecular complexity index is 560. The minimum atomic E-state index is -0.359. The summed E-state index contributed by atoms with van der Waals surface area (Å²) in [4.78, 5) is 11.9. The first kappa shape index (κ1) is 12.3. The molecule has 0 radical (unpaired) electrons. The van der Waals surface area contributed by atoms with Crippen LogP contribution in [-0.4, -0.2) is 15.7 Å². The Morgan fingerprint density at radius 2 is 2.06 bits per heavy atom. The molecule has 4 nitrogen and oxygen atoms in total. The number of amides is 1. The minimum Gasteiger partial charge on any atom is -0.319 e. The van der Waals surface area contributed by atoms with Gasteiger partial charge in [0.2, 0.25) is 0 Å². The number of hydrogen-bond acceptors (Lipinski definition) is 2. The SMILES string of the molecule is CCc1nn(C)cc1NC(=O)c1ccc(F)cc1. The molecule has 5 heteroatoms. The van der Waals surface area contributed by atoms with Crippen LogP contribution in [0, 0.1) is 5.82 Å². The van der Waals surface area contributed by atoms with Crippen molar-refractivity contribution in [1.29, 1.82) is 0 Å². The maximum absolute atomic E-state index is 12.8. The van der Waals surface area contributed by atoms with E-state index in [0.717, 1.165) is 12.1 Å². The summed E-state index contributed by atoms with van der Waals surface area (Å²) < 4.78 is 14.4. The Kier molecular flexibility index (Phi) is 3.41. The third-order valence-electron chi connectivity index (χ3n) is 2.59. The van der Waals surface area contributed by atoms with Crippen molar-refractivity contribution in [3.63, 3.8) is 0 Å². The zero-order valence-corrected chi connectivity index (χ0v) is 10.3. The number of aromatic nitrogens is 2. The second-order valence-electron chi connectivity index (χ2n) is 3.98. The zero-order chi connectivity index (χ0) is 13.1. The number of rotatable bonds is 3. The minimum absolute atomic E-state index is 0.266. The summed E-state index contributed by atoms with van der Waals surface area (Å²) in [7, 11) is 1.80. The molecule has 1 heterocycles. The van der Waals surface area contributed by atoms with Gasteiger partial charge < -0.3 is 5.32 Å². The van der Waals surface area contributed by atoms with E-state index in [1.807, 2.05) is 6.92 Å². The van der Waals surface area contributed by atoms with Crippen molar-refractivity contribution in [1.82, 2.24) is 9.78 Å². The molecule has 0 bridgehead atoms. The predicted molar refractivity (Wildman–Crippen MR) is 66.9 cm³/mol. The molecule has 0 fully saturated rings. The van der Waals surface area contributed by atoms with Crippen LogP contribution in [0.25, 0.3) is 0 Å². The van der Waals surface area contributed by atoms with Crippen LogP contribution in [-0.2, 0) is 13.5 Å². The molecular weight excluding hydrogens is 233 g/mol. The molecule has 0 aliphatic carbocycles. The van der Waals surface area contributed by atoms with Gasteiger partial charge in [-0.1, -0.05) is 6.92 Å². The van der Waals surface area contributed by atoms with Gasteiger partial charge in [-0.15, -0.1) is 0 Å². The summed E-state index contributed by atoms with van der Waals surface area (Å²) in [6, 6.07) is 5.43. The second-order valence-corrected chi connectivity index (χ2v) is 3.98. The molecule has 0 aliphatic heterocycles. The molecular formula is C13H14FN3O. The number of nitrogens with zero attached hydrogens (tertiary/aromatic N) is 2. The molecule has 1 aromatic heterocycles. The van der Waals surface area contributed by atoms with Gasteiger partial charge in [-0.2, -0.15) is 5.10 Å². The van der Waals surface area contributed by atoms with E-state index in [1.165, 1.54) is 24.3 Å². The van der Waals surface area contributed by atoms with Crippen LogP contribution in [0.2, 0.25) is 0 Å². The van der Waals surface area contributed by atoms with Crippen molar-refractivity contribution >= 4 is 11.6 Å². The van der Waals surface area contributed by atoms with Gasteiger partial charge in [0, 0.05) is 18.8 Å². The Balaban J connectivity index is 2.18. The van der Waals surface area contributed by atoms with Crippen LogP contribution in [0.5, 0.6) is 0 Å². The largest absolute Gasteiger partial charge is 0.319 e. The van der Waals surface area contributed by atoms with Gasteiger partial charge in [0.05, 0.1) is 11.4 Å². The van der Waals surface area contributed by atoms with Crippen molar-refractivity contribution in [3.05, 3.63) is 47.5 Å². The molecule has 2 aromatic rings. The topological polar surface area (TPSA) is 46.9 Å². The van der Waals surface area contributed by atoms with Gasteiger partial charge in [-0.05, 0) is 30.7 Å². The Morgan fingerprint density at radius 3 is 2.67 bits per heavy atom. The Hall–Kier alpha value is -2.17. The first-order valence-corrected chi connectivity index (χ1v) is 5.69. The molecule has 1 N–H and O–H groups in total. The molecule has 0 unspecified atom stereocenters. The lowest BCUT2D eigenvalue weighted by Gasteiger charge is -2.04. The third-order valence-corrected chi connectivity index (χ3v) is 2.59. The highest BCUT2D eigenvalue weighted by Crippen LogP contribution is 2.15. The number of carbonyl (C=O) groups is 1. The molecule has 0 saturated carbocycles. The van der Waals surface area contributed by atoms with Gasteiger partial charge in [0.15, 0.2) is 0 Å². The van der Waals surface area contributed by atoms with Crippen LogP contribution < -0.4 is 5.32 Å². The Labute approximate surface area is 104 Å². The number of halogens is 1. The van der Waals surface area contributed by atoms with Crippen molar-refractivity contribution in [2.45, 2.75) is 13.3 Å². The van der Waals surface area contributed by atoms with E-state index in [9.17, 15) is 9.18 Å². The molecule has 94 valence electrons. The maximum Gasteiger partial charge on any atom is 0.255 e. The molecule has 1 aromatic carbocycles. The molecule has 0 aliphatic rings. The van der Waals surface area contributed by atoms with Gasteiger partial charge in [0.25, 0.3) is 5.91 Å². The molecule has 0 spiro atoms. The van der Waals surface area contributed by atoms with E-state index >= 15 is 0 Å². The lowest BCUT2D eigenvalue weighted by Crippen LogP contribution is -2.12. The standard InChI is InChI=1S/C13H14FN3O/c1-3-11-12(8-17(2)16-11)15-13(18)9-4-6-10(14)7-5-9/h4-8H,3H2,1-2H3,(H,15,18). The van der Waals surface area contributed by atoms with Crippen molar-refractivity contribution in [3.8, 4) is 0 Å². The van der Waals surface area contributed by atoms with E-state index in [0.29, 0.717) is 11.3 Å². The Morgan fingerprint density at radius 1 is 1.39 bits per heavy atom. The van der Waals surface area contributed by atoms with E-state index in [4.69, 9.17) is 0 Å². The number of benzene rings is 1. The van der Waals surface area contributed by atoms with E-state index in [-0.39, 0.29) is 11.7 Å². The van der Waals surface area contributed by atoms with Crippen LogP contribution in [0.3, 0.4) is 0 Å². The van der Waals surface area contributed by atoms with Crippen LogP contribution in [0.4, 0.5) is 10.1 Å². The average Bonchev–Trinajstić information content (AvgIpc) is 2.70. The van der Waals surface area contributed by atoms with Gasteiger partial charge >= 0.3 is 0 Å². The first-order valence-electron chi connectivity index (χ1n) is 5.69. The fourth-order valence-electron chi connectivity index (χ4n) is 1.70. The highest BCUT2D eigenvalue weighted by atomic mass is 19.1. The van der Waals surface area contributed by atoms with Gasteiger partial charge in [0.1, 0.15) is 5.82 Å². The monoisotopic (exact) mass is 247 g/mol. The van der Waals surface area contributed by atoms with Crippen LogP contribution >= 0.6 is 0 Å². The molecule has 1 amide bonds. The van der Waals surface area contributed by atoms with E-state index in [2.05, 4.69) is 10.4 Å². The molecule has 0 saturated heterocycles. The van der Waals surface area contributed by atoms with E-state index in [1.54, 1.807) is 17.9 Å². The highest BCUT2D eigenvalue weighted by molar-refractivity contribution is 6.04. The summed E-state index contributed by atoms with van der Waals surface area (Å²) >= 11 is 0. The number of nitrogens with one attached hydrogen (secondary N) is 1. The number of aryl methyl sites for hydroxylation is 2. The lowest BCUT2D eigenvalue weighted by molar-refractivity contribution is 0.102. The summed E-state index contributed by atoms with van der Waals surface area (Å²) in [6.45, 7) is 1.97. The highest BCUT2D eigenvalue weighted by Gasteiger charge is 2.11. The predicted octanol–water partition coefficient (Wildman–Crippen LogP) is 2.37. The normalized spacial score (nSPS) is 10.4. The average molecular weight is 247 g/mol. The quantitative estimate of drug-likeness (QED) is 0.905. The number of hydrogen-bond donors (Lipinski definition) is 1. The van der Waals surface area contributed by atoms with E-state index < -0.39 is 0 Å². The lowest BCUT2D eigenvalue weighted by atomic mass is 10.2. The van der Waals surface area contributed by atoms with Crippen LogP contribution in [0.1, 0.15) is 23.0 Å². The summed E-state index contributed by atoms with van der Waals surface area (Å²) in [5.74, 6) is -0.625.